The minimum absolute atomic E-state index is 0.313. The van der Waals surface area contributed by atoms with Crippen molar-refractivity contribution in [3.05, 3.63) is 24.4 Å². The van der Waals surface area contributed by atoms with Gasteiger partial charge in [0.15, 0.2) is 11.5 Å². The Morgan fingerprint density at radius 3 is 2.71 bits per heavy atom. The number of fused-ring (bicyclic) bond motifs is 2. The van der Waals surface area contributed by atoms with Crippen LogP contribution >= 0.6 is 0 Å². The highest BCUT2D eigenvalue weighted by atomic mass is 16.6. The van der Waals surface area contributed by atoms with Crippen LogP contribution < -0.4 is 14.4 Å². The van der Waals surface area contributed by atoms with Crippen molar-refractivity contribution in [1.29, 1.82) is 0 Å². The van der Waals surface area contributed by atoms with Crippen LogP contribution in [0.1, 0.15) is 13.3 Å². The van der Waals surface area contributed by atoms with E-state index in [1.54, 1.807) is 13.1 Å². The fraction of sp³-hybridized carbons (Fsp3) is 0.438. The predicted octanol–water partition coefficient (Wildman–Crippen LogP) is 2.21. The fourth-order valence-corrected chi connectivity index (χ4v) is 2.48. The molecule has 0 radical (unpaired) electrons. The largest absolute Gasteiger partial charge is 0.486 e. The molecule has 1 atom stereocenters. The summed E-state index contributed by atoms with van der Waals surface area (Å²) >= 11 is 0. The Morgan fingerprint density at radius 2 is 2.00 bits per heavy atom. The zero-order valence-corrected chi connectivity index (χ0v) is 12.4. The summed E-state index contributed by atoms with van der Waals surface area (Å²) in [6.45, 7) is 3.71. The van der Waals surface area contributed by atoms with Gasteiger partial charge in [0.2, 0.25) is 0 Å². The first kappa shape index (κ1) is 13.9. The van der Waals surface area contributed by atoms with Crippen molar-refractivity contribution in [2.45, 2.75) is 19.4 Å². The molecular weight excluding hydrogens is 268 g/mol. The quantitative estimate of drug-likeness (QED) is 0.935. The molecule has 1 aliphatic rings. The third kappa shape index (κ3) is 2.88. The van der Waals surface area contributed by atoms with E-state index in [0.29, 0.717) is 19.6 Å². The Labute approximate surface area is 124 Å². The Balaban J connectivity index is 1.98. The molecule has 0 bridgehead atoms. The van der Waals surface area contributed by atoms with Gasteiger partial charge in [-0.2, -0.15) is 0 Å². The number of hydrogen-bond donors (Lipinski definition) is 1. The number of pyridine rings is 1. The van der Waals surface area contributed by atoms with Crippen LogP contribution in [0.3, 0.4) is 0 Å². The molecule has 1 aromatic heterocycles. The second-order valence-corrected chi connectivity index (χ2v) is 5.41. The molecule has 0 amide bonds. The van der Waals surface area contributed by atoms with E-state index >= 15 is 0 Å². The molecule has 0 fully saturated rings. The maximum atomic E-state index is 9.44. The lowest BCUT2D eigenvalue weighted by Gasteiger charge is -2.23. The van der Waals surface area contributed by atoms with Crippen LogP contribution in [0, 0.1) is 0 Å². The van der Waals surface area contributed by atoms with E-state index in [0.717, 1.165) is 34.6 Å². The summed E-state index contributed by atoms with van der Waals surface area (Å²) in [6.07, 6.45) is 2.19. The summed E-state index contributed by atoms with van der Waals surface area (Å²) < 4.78 is 11.3. The average Bonchev–Trinajstić information content (AvgIpc) is 2.50. The molecular formula is C16H20N2O3. The normalized spacial score (nSPS) is 15.0. The number of ether oxygens (including phenoxy) is 2. The van der Waals surface area contributed by atoms with Crippen LogP contribution in [-0.4, -0.2) is 43.0 Å². The van der Waals surface area contributed by atoms with Crippen LogP contribution in [-0.2, 0) is 0 Å². The number of aromatic nitrogens is 1. The molecule has 5 nitrogen and oxygen atoms in total. The molecule has 1 N–H and O–H groups in total. The molecule has 0 saturated carbocycles. The molecule has 3 rings (SSSR count). The van der Waals surface area contributed by atoms with Gasteiger partial charge in [-0.15, -0.1) is 0 Å². The first-order chi connectivity index (χ1) is 10.1. The highest BCUT2D eigenvalue weighted by Crippen LogP contribution is 2.37. The maximum Gasteiger partial charge on any atom is 0.162 e. The Kier molecular flexibility index (Phi) is 3.84. The molecule has 1 unspecified atom stereocenters. The van der Waals surface area contributed by atoms with E-state index in [-0.39, 0.29) is 6.10 Å². The average molecular weight is 288 g/mol. The lowest BCUT2D eigenvalue weighted by atomic mass is 10.1. The summed E-state index contributed by atoms with van der Waals surface area (Å²) in [6, 6.07) is 5.96. The monoisotopic (exact) mass is 288 g/mol. The summed E-state index contributed by atoms with van der Waals surface area (Å²) in [5.41, 5.74) is 0. The molecule has 1 aliphatic heterocycles. The van der Waals surface area contributed by atoms with E-state index in [2.05, 4.69) is 9.88 Å². The van der Waals surface area contributed by atoms with Crippen LogP contribution in [0.4, 0.5) is 5.82 Å². The third-order valence-corrected chi connectivity index (χ3v) is 3.65. The van der Waals surface area contributed by atoms with E-state index in [1.165, 1.54) is 0 Å². The number of aliphatic hydroxyl groups is 1. The SMILES string of the molecule is CC(O)CCN(C)c1nccc2cc3c(cc12)OCCO3. The van der Waals surface area contributed by atoms with E-state index in [9.17, 15) is 5.11 Å². The Hall–Kier alpha value is -2.01. The molecule has 5 heteroatoms. The second-order valence-electron chi connectivity index (χ2n) is 5.41. The number of hydrogen-bond acceptors (Lipinski definition) is 5. The summed E-state index contributed by atoms with van der Waals surface area (Å²) in [4.78, 5) is 6.54. The van der Waals surface area contributed by atoms with Crippen LogP contribution in [0.5, 0.6) is 11.5 Å². The summed E-state index contributed by atoms with van der Waals surface area (Å²) in [5.74, 6) is 2.45. The van der Waals surface area contributed by atoms with Gasteiger partial charge in [-0.05, 0) is 36.9 Å². The minimum atomic E-state index is -0.313. The van der Waals surface area contributed by atoms with Gasteiger partial charge >= 0.3 is 0 Å². The van der Waals surface area contributed by atoms with E-state index in [1.807, 2.05) is 25.2 Å². The topological polar surface area (TPSA) is 54.8 Å². The van der Waals surface area contributed by atoms with Gasteiger partial charge in [0.25, 0.3) is 0 Å². The molecule has 0 spiro atoms. The van der Waals surface area contributed by atoms with Crippen molar-refractivity contribution in [3.63, 3.8) is 0 Å². The van der Waals surface area contributed by atoms with Crippen molar-refractivity contribution in [2.75, 3.05) is 31.7 Å². The molecule has 2 aromatic rings. The van der Waals surface area contributed by atoms with Gasteiger partial charge in [-0.3, -0.25) is 0 Å². The third-order valence-electron chi connectivity index (χ3n) is 3.65. The molecule has 0 saturated heterocycles. The lowest BCUT2D eigenvalue weighted by Crippen LogP contribution is -2.23. The minimum Gasteiger partial charge on any atom is -0.486 e. The fourth-order valence-electron chi connectivity index (χ4n) is 2.48. The maximum absolute atomic E-state index is 9.44. The van der Waals surface area contributed by atoms with Gasteiger partial charge in [0, 0.05) is 25.2 Å². The van der Waals surface area contributed by atoms with Gasteiger partial charge in [0.05, 0.1) is 6.10 Å². The number of aliphatic hydroxyl groups excluding tert-OH is 1. The molecule has 112 valence electrons. The number of anilines is 1. The second kappa shape index (κ2) is 5.77. The van der Waals surface area contributed by atoms with Crippen LogP contribution in [0.25, 0.3) is 10.8 Å². The zero-order valence-electron chi connectivity index (χ0n) is 12.4. The highest BCUT2D eigenvalue weighted by Gasteiger charge is 2.16. The van der Waals surface area contributed by atoms with Gasteiger partial charge in [-0.25, -0.2) is 4.98 Å². The molecule has 21 heavy (non-hydrogen) atoms. The number of benzene rings is 1. The van der Waals surface area contributed by atoms with Crippen molar-refractivity contribution in [1.82, 2.24) is 4.98 Å². The summed E-state index contributed by atoms with van der Waals surface area (Å²) in [7, 11) is 1.99. The van der Waals surface area contributed by atoms with Crippen LogP contribution in [0.15, 0.2) is 24.4 Å². The standard InChI is InChI=1S/C16H20N2O3/c1-11(19)4-6-18(2)16-13-10-15-14(20-7-8-21-15)9-12(13)3-5-17-16/h3,5,9-11,19H,4,6-8H2,1-2H3. The first-order valence-electron chi connectivity index (χ1n) is 7.22. The molecule has 2 heterocycles. The predicted molar refractivity (Wildman–Crippen MR) is 82.3 cm³/mol. The lowest BCUT2D eigenvalue weighted by molar-refractivity contribution is 0.172. The number of rotatable bonds is 4. The van der Waals surface area contributed by atoms with Gasteiger partial charge < -0.3 is 19.5 Å². The van der Waals surface area contributed by atoms with Crippen molar-refractivity contribution >= 4 is 16.6 Å². The highest BCUT2D eigenvalue weighted by molar-refractivity contribution is 5.94. The van der Waals surface area contributed by atoms with Crippen molar-refractivity contribution < 1.29 is 14.6 Å². The van der Waals surface area contributed by atoms with Crippen molar-refractivity contribution in [3.8, 4) is 11.5 Å². The first-order valence-corrected chi connectivity index (χ1v) is 7.22. The van der Waals surface area contributed by atoms with E-state index in [4.69, 9.17) is 9.47 Å². The number of nitrogens with zero attached hydrogens (tertiary/aromatic N) is 2. The van der Waals surface area contributed by atoms with Crippen LogP contribution in [0.2, 0.25) is 0 Å². The zero-order chi connectivity index (χ0) is 14.8. The molecule has 1 aromatic carbocycles. The molecule has 0 aliphatic carbocycles. The van der Waals surface area contributed by atoms with Crippen molar-refractivity contribution in [2.24, 2.45) is 0 Å². The Morgan fingerprint density at radius 1 is 1.29 bits per heavy atom. The van der Waals surface area contributed by atoms with Gasteiger partial charge in [-0.1, -0.05) is 0 Å². The smallest absolute Gasteiger partial charge is 0.162 e. The summed E-state index contributed by atoms with van der Waals surface area (Å²) in [5, 5.41) is 11.5. The van der Waals surface area contributed by atoms with E-state index < -0.39 is 0 Å². The Bertz CT molecular complexity index is 643. The van der Waals surface area contributed by atoms with Gasteiger partial charge in [0.1, 0.15) is 19.0 Å².